The number of nitrogens with one attached hydrogen (secondary N) is 1. The van der Waals surface area contributed by atoms with E-state index < -0.39 is 4.92 Å². The van der Waals surface area contributed by atoms with Crippen LogP contribution in [-0.2, 0) is 0 Å². The Morgan fingerprint density at radius 3 is 2.74 bits per heavy atom. The maximum absolute atomic E-state index is 11.7. The molecule has 0 bridgehead atoms. The van der Waals surface area contributed by atoms with Crippen LogP contribution in [0.1, 0.15) is 45.2 Å². The van der Waals surface area contributed by atoms with Crippen LogP contribution in [0.2, 0.25) is 0 Å². The summed E-state index contributed by atoms with van der Waals surface area (Å²) in [6.07, 6.45) is 2.05. The summed E-state index contributed by atoms with van der Waals surface area (Å²) in [6, 6.07) is 3.37. The number of likely N-dealkylation sites (tertiary alicyclic amines) is 1. The quantitative estimate of drug-likeness (QED) is 0.554. The van der Waals surface area contributed by atoms with Crippen molar-refractivity contribution in [3.8, 4) is 11.5 Å². The summed E-state index contributed by atoms with van der Waals surface area (Å²) in [5.74, 6) is 0.834. The van der Waals surface area contributed by atoms with Crippen molar-refractivity contribution < 1.29 is 14.4 Å². The van der Waals surface area contributed by atoms with Crippen LogP contribution in [0.5, 0.6) is 11.5 Å². The molecule has 2 unspecified atom stereocenters. The Labute approximate surface area is 159 Å². The number of hydrazone groups is 1. The second-order valence-electron chi connectivity index (χ2n) is 6.86. The summed E-state index contributed by atoms with van der Waals surface area (Å²) in [5, 5.41) is 16.2. The van der Waals surface area contributed by atoms with Crippen LogP contribution in [0, 0.1) is 16.0 Å². The van der Waals surface area contributed by atoms with Crippen molar-refractivity contribution in [3.05, 3.63) is 27.8 Å². The SMILES string of the molecule is CCCN1CCC2=NNC(c3cc(OCC)c(OCC)c([N+](=O)[O-])c3)C2C1. The molecule has 1 saturated heterocycles. The van der Waals surface area contributed by atoms with Crippen LogP contribution < -0.4 is 14.9 Å². The highest BCUT2D eigenvalue weighted by Crippen LogP contribution is 2.42. The van der Waals surface area contributed by atoms with Gasteiger partial charge in [-0.05, 0) is 38.4 Å². The monoisotopic (exact) mass is 376 g/mol. The van der Waals surface area contributed by atoms with Crippen LogP contribution in [0.25, 0.3) is 0 Å². The Morgan fingerprint density at radius 2 is 2.07 bits per heavy atom. The molecule has 0 saturated carbocycles. The van der Waals surface area contributed by atoms with Gasteiger partial charge in [0.25, 0.3) is 0 Å². The zero-order chi connectivity index (χ0) is 19.4. The minimum atomic E-state index is -0.405. The van der Waals surface area contributed by atoms with Crippen LogP contribution in [-0.4, -0.2) is 48.4 Å². The van der Waals surface area contributed by atoms with Crippen molar-refractivity contribution in [1.29, 1.82) is 0 Å². The third-order valence-electron chi connectivity index (χ3n) is 5.06. The van der Waals surface area contributed by atoms with E-state index in [4.69, 9.17) is 9.47 Å². The molecule has 0 spiro atoms. The Kier molecular flexibility index (Phi) is 6.15. The van der Waals surface area contributed by atoms with Crippen molar-refractivity contribution in [3.63, 3.8) is 0 Å². The van der Waals surface area contributed by atoms with E-state index >= 15 is 0 Å². The van der Waals surface area contributed by atoms with Gasteiger partial charge in [0.15, 0.2) is 5.75 Å². The molecule has 1 fully saturated rings. The van der Waals surface area contributed by atoms with Crippen molar-refractivity contribution in [2.45, 2.75) is 39.7 Å². The van der Waals surface area contributed by atoms with E-state index in [1.54, 1.807) is 13.0 Å². The van der Waals surface area contributed by atoms with Gasteiger partial charge in [-0.1, -0.05) is 6.92 Å². The fourth-order valence-corrected chi connectivity index (χ4v) is 3.91. The Hall–Kier alpha value is -2.35. The van der Waals surface area contributed by atoms with Gasteiger partial charge in [-0.2, -0.15) is 5.10 Å². The molecule has 2 heterocycles. The van der Waals surface area contributed by atoms with Crippen LogP contribution >= 0.6 is 0 Å². The fourth-order valence-electron chi connectivity index (χ4n) is 3.91. The molecule has 0 amide bonds. The number of hydrogen-bond acceptors (Lipinski definition) is 7. The van der Waals surface area contributed by atoms with E-state index in [2.05, 4.69) is 22.4 Å². The van der Waals surface area contributed by atoms with E-state index in [0.717, 1.165) is 43.8 Å². The summed E-state index contributed by atoms with van der Waals surface area (Å²) in [6.45, 7) is 9.57. The first-order valence-corrected chi connectivity index (χ1v) is 9.71. The maximum Gasteiger partial charge on any atom is 0.315 e. The molecule has 148 valence electrons. The maximum atomic E-state index is 11.7. The van der Waals surface area contributed by atoms with Gasteiger partial charge in [0.2, 0.25) is 5.75 Å². The van der Waals surface area contributed by atoms with Crippen molar-refractivity contribution in [2.75, 3.05) is 32.8 Å². The Balaban J connectivity index is 1.95. The highest BCUT2D eigenvalue weighted by Gasteiger charge is 2.38. The number of rotatable bonds is 8. The van der Waals surface area contributed by atoms with Crippen molar-refractivity contribution >= 4 is 11.4 Å². The highest BCUT2D eigenvalue weighted by atomic mass is 16.6. The standard InChI is InChI=1S/C19H28N4O4/c1-4-8-22-9-7-15-14(12-22)18(21-20-15)13-10-16(23(24)25)19(27-6-3)17(11-13)26-5-2/h10-11,14,18,21H,4-9,12H2,1-3H3. The van der Waals surface area contributed by atoms with Crippen LogP contribution in [0.3, 0.4) is 0 Å². The lowest BCUT2D eigenvalue weighted by molar-refractivity contribution is -0.386. The average Bonchev–Trinajstić information content (AvgIpc) is 3.06. The van der Waals surface area contributed by atoms with E-state index in [0.29, 0.717) is 19.0 Å². The molecule has 27 heavy (non-hydrogen) atoms. The number of ether oxygens (including phenoxy) is 2. The molecule has 2 aliphatic rings. The number of benzene rings is 1. The molecule has 8 nitrogen and oxygen atoms in total. The molecule has 1 N–H and O–H groups in total. The first-order chi connectivity index (χ1) is 13.1. The normalized spacial score (nSPS) is 22.0. The molecule has 0 radical (unpaired) electrons. The van der Waals surface area contributed by atoms with Crippen LogP contribution in [0.4, 0.5) is 5.69 Å². The number of hydrogen-bond donors (Lipinski definition) is 1. The zero-order valence-corrected chi connectivity index (χ0v) is 16.2. The van der Waals surface area contributed by atoms with E-state index in [9.17, 15) is 10.1 Å². The molecular weight excluding hydrogens is 348 g/mol. The van der Waals surface area contributed by atoms with E-state index in [1.165, 1.54) is 0 Å². The lowest BCUT2D eigenvalue weighted by Crippen LogP contribution is -2.42. The van der Waals surface area contributed by atoms with Gasteiger partial charge in [0, 0.05) is 37.2 Å². The largest absolute Gasteiger partial charge is 0.490 e. The van der Waals surface area contributed by atoms with Gasteiger partial charge in [-0.15, -0.1) is 0 Å². The Morgan fingerprint density at radius 1 is 1.30 bits per heavy atom. The van der Waals surface area contributed by atoms with Gasteiger partial charge < -0.3 is 19.8 Å². The second kappa shape index (κ2) is 8.56. The summed E-state index contributed by atoms with van der Waals surface area (Å²) < 4.78 is 11.2. The molecule has 1 aromatic carbocycles. The molecule has 0 aliphatic carbocycles. The molecule has 0 aromatic heterocycles. The molecular formula is C19H28N4O4. The van der Waals surface area contributed by atoms with Gasteiger partial charge in [-0.25, -0.2) is 0 Å². The highest BCUT2D eigenvalue weighted by molar-refractivity contribution is 5.90. The average molecular weight is 376 g/mol. The number of nitrogens with zero attached hydrogens (tertiary/aromatic N) is 3. The molecule has 2 aliphatic heterocycles. The molecule has 2 atom stereocenters. The van der Waals surface area contributed by atoms with Gasteiger partial charge in [0.1, 0.15) is 0 Å². The molecule has 8 heteroatoms. The molecule has 3 rings (SSSR count). The van der Waals surface area contributed by atoms with E-state index in [-0.39, 0.29) is 23.4 Å². The molecule has 1 aromatic rings. The summed E-state index contributed by atoms with van der Waals surface area (Å²) >= 11 is 0. The topological polar surface area (TPSA) is 89.2 Å². The number of nitro groups is 1. The minimum absolute atomic E-state index is 0.0609. The second-order valence-corrected chi connectivity index (χ2v) is 6.86. The third kappa shape index (κ3) is 4.00. The summed E-state index contributed by atoms with van der Waals surface area (Å²) in [7, 11) is 0. The number of nitro benzene ring substituents is 1. The first kappa shape index (κ1) is 19.4. The Bertz CT molecular complexity index is 722. The van der Waals surface area contributed by atoms with Gasteiger partial charge >= 0.3 is 5.69 Å². The zero-order valence-electron chi connectivity index (χ0n) is 16.2. The van der Waals surface area contributed by atoms with Crippen LogP contribution in [0.15, 0.2) is 17.2 Å². The predicted octanol–water partition coefficient (Wildman–Crippen LogP) is 3.12. The van der Waals surface area contributed by atoms with Crippen molar-refractivity contribution in [2.24, 2.45) is 11.0 Å². The van der Waals surface area contributed by atoms with Crippen molar-refractivity contribution in [1.82, 2.24) is 10.3 Å². The fraction of sp³-hybridized carbons (Fsp3) is 0.632. The summed E-state index contributed by atoms with van der Waals surface area (Å²) in [4.78, 5) is 13.7. The third-order valence-corrected chi connectivity index (χ3v) is 5.06. The lowest BCUT2D eigenvalue weighted by atomic mass is 9.86. The number of fused-ring (bicyclic) bond motifs is 1. The van der Waals surface area contributed by atoms with E-state index in [1.807, 2.05) is 13.0 Å². The minimum Gasteiger partial charge on any atom is -0.490 e. The summed E-state index contributed by atoms with van der Waals surface area (Å²) in [5.41, 5.74) is 5.12. The first-order valence-electron chi connectivity index (χ1n) is 9.71. The lowest BCUT2D eigenvalue weighted by Gasteiger charge is -2.33. The van der Waals surface area contributed by atoms with Gasteiger partial charge in [-0.3, -0.25) is 10.1 Å². The van der Waals surface area contributed by atoms with Gasteiger partial charge in [0.05, 0.1) is 24.2 Å². The predicted molar refractivity (Wildman–Crippen MR) is 104 cm³/mol. The smallest absolute Gasteiger partial charge is 0.315 e. The number of piperidine rings is 1.